The van der Waals surface area contributed by atoms with Crippen molar-refractivity contribution >= 4 is 33.2 Å². The molecule has 1 aliphatic carbocycles. The maximum absolute atomic E-state index is 13.2. The number of sulfonamides is 1. The molecule has 1 amide bonds. The van der Waals surface area contributed by atoms with Crippen LogP contribution < -0.4 is 4.90 Å². The van der Waals surface area contributed by atoms with Gasteiger partial charge in [0.15, 0.2) is 0 Å². The predicted molar refractivity (Wildman–Crippen MR) is 125 cm³/mol. The number of benzene rings is 1. The second kappa shape index (κ2) is 7.82. The number of hydrogen-bond acceptors (Lipinski definition) is 4. The Morgan fingerprint density at radius 2 is 1.94 bits per heavy atom. The van der Waals surface area contributed by atoms with Crippen LogP contribution in [0.15, 0.2) is 36.7 Å². The first-order chi connectivity index (χ1) is 15.2. The van der Waals surface area contributed by atoms with Gasteiger partial charge in [-0.3, -0.25) is 14.7 Å². The number of nitrogens with zero attached hydrogens (tertiary/aromatic N) is 3. The zero-order valence-electron chi connectivity index (χ0n) is 18.4. The van der Waals surface area contributed by atoms with Crippen molar-refractivity contribution in [1.29, 1.82) is 0 Å². The fourth-order valence-electron chi connectivity index (χ4n) is 5.19. The lowest BCUT2D eigenvalue weighted by atomic mass is 9.92. The Morgan fingerprint density at radius 3 is 2.69 bits per heavy atom. The van der Waals surface area contributed by atoms with Crippen LogP contribution in [-0.2, 0) is 22.0 Å². The Morgan fingerprint density at radius 1 is 1.16 bits per heavy atom. The van der Waals surface area contributed by atoms with E-state index in [4.69, 9.17) is 11.6 Å². The van der Waals surface area contributed by atoms with Gasteiger partial charge in [0.2, 0.25) is 10.0 Å². The number of pyridine rings is 1. The molecule has 2 aromatic rings. The topological polar surface area (TPSA) is 70.6 Å². The van der Waals surface area contributed by atoms with Crippen molar-refractivity contribution in [1.82, 2.24) is 9.29 Å². The molecule has 1 saturated carbocycles. The van der Waals surface area contributed by atoms with Crippen LogP contribution in [0.5, 0.6) is 0 Å². The summed E-state index contributed by atoms with van der Waals surface area (Å²) < 4.78 is 27.0. The third kappa shape index (κ3) is 3.74. The van der Waals surface area contributed by atoms with E-state index in [1.807, 2.05) is 32.2 Å². The maximum atomic E-state index is 13.2. The third-order valence-electron chi connectivity index (χ3n) is 6.98. The van der Waals surface area contributed by atoms with Crippen molar-refractivity contribution in [3.05, 3.63) is 58.4 Å². The number of amides is 1. The summed E-state index contributed by atoms with van der Waals surface area (Å²) >= 11 is 6.20. The van der Waals surface area contributed by atoms with Crippen LogP contribution in [-0.4, -0.2) is 42.0 Å². The van der Waals surface area contributed by atoms with Crippen molar-refractivity contribution in [3.8, 4) is 0 Å². The summed E-state index contributed by atoms with van der Waals surface area (Å²) in [6.45, 7) is 5.23. The molecule has 5 rings (SSSR count). The number of halogens is 1. The maximum Gasteiger partial charge on any atom is 0.259 e. The molecule has 3 aliphatic rings. The van der Waals surface area contributed by atoms with Gasteiger partial charge in [-0.25, -0.2) is 12.7 Å². The van der Waals surface area contributed by atoms with E-state index in [9.17, 15) is 13.2 Å². The van der Waals surface area contributed by atoms with Crippen LogP contribution in [0.25, 0.3) is 0 Å². The number of aromatic nitrogens is 1. The minimum absolute atomic E-state index is 0.0556. The number of carbonyl (C=O) groups is 1. The average Bonchev–Trinajstić information content (AvgIpc) is 3.58. The highest BCUT2D eigenvalue weighted by molar-refractivity contribution is 7.90. The first-order valence-corrected chi connectivity index (χ1v) is 13.1. The van der Waals surface area contributed by atoms with Crippen molar-refractivity contribution < 1.29 is 13.2 Å². The molecule has 1 aromatic carbocycles. The van der Waals surface area contributed by atoms with E-state index in [-0.39, 0.29) is 17.1 Å². The van der Waals surface area contributed by atoms with E-state index in [1.54, 1.807) is 27.5 Å². The summed E-state index contributed by atoms with van der Waals surface area (Å²) in [5.41, 5.74) is 2.81. The number of piperidine rings is 1. The van der Waals surface area contributed by atoms with Gasteiger partial charge in [-0.2, -0.15) is 0 Å². The van der Waals surface area contributed by atoms with Crippen LogP contribution in [0.1, 0.15) is 61.0 Å². The van der Waals surface area contributed by atoms with Crippen molar-refractivity contribution in [2.75, 3.05) is 18.0 Å². The molecule has 1 atom stereocenters. The molecule has 170 valence electrons. The summed E-state index contributed by atoms with van der Waals surface area (Å²) in [5.74, 6) is 0.201. The Bertz CT molecular complexity index is 1180. The first kappa shape index (κ1) is 21.9. The highest BCUT2D eigenvalue weighted by atomic mass is 35.5. The minimum Gasteiger partial charge on any atom is -0.297 e. The molecule has 0 bridgehead atoms. The second-order valence-electron chi connectivity index (χ2n) is 9.76. The monoisotopic (exact) mass is 473 g/mol. The molecule has 1 aromatic heterocycles. The Hall–Kier alpha value is -1.96. The summed E-state index contributed by atoms with van der Waals surface area (Å²) in [7, 11) is -3.14. The first-order valence-electron chi connectivity index (χ1n) is 11.3. The smallest absolute Gasteiger partial charge is 0.259 e. The van der Waals surface area contributed by atoms with E-state index in [0.29, 0.717) is 23.7 Å². The van der Waals surface area contributed by atoms with Crippen LogP contribution in [0, 0.1) is 5.92 Å². The molecule has 8 heteroatoms. The van der Waals surface area contributed by atoms with Crippen LogP contribution >= 0.6 is 11.6 Å². The molecule has 2 aliphatic heterocycles. The Kier molecular flexibility index (Phi) is 5.34. The van der Waals surface area contributed by atoms with Crippen molar-refractivity contribution in [2.24, 2.45) is 5.92 Å². The normalized spacial score (nSPS) is 23.4. The molecular formula is C24H28ClN3O3S. The quantitative estimate of drug-likeness (QED) is 0.646. The van der Waals surface area contributed by atoms with E-state index < -0.39 is 15.6 Å². The van der Waals surface area contributed by atoms with E-state index in [0.717, 1.165) is 48.9 Å². The highest BCUT2D eigenvalue weighted by Gasteiger charge is 2.44. The fourth-order valence-corrected chi connectivity index (χ4v) is 7.31. The van der Waals surface area contributed by atoms with Gasteiger partial charge in [-0.15, -0.1) is 0 Å². The fraction of sp³-hybridized carbons (Fsp3) is 0.500. The van der Waals surface area contributed by atoms with Crippen LogP contribution in [0.4, 0.5) is 5.69 Å². The molecule has 0 spiro atoms. The van der Waals surface area contributed by atoms with Gasteiger partial charge in [0, 0.05) is 29.9 Å². The molecule has 2 fully saturated rings. The molecule has 6 nitrogen and oxygen atoms in total. The molecule has 1 unspecified atom stereocenters. The number of hydrogen-bond donors (Lipinski definition) is 0. The van der Waals surface area contributed by atoms with Crippen molar-refractivity contribution in [3.63, 3.8) is 0 Å². The van der Waals surface area contributed by atoms with Gasteiger partial charge in [-0.05, 0) is 87.3 Å². The van der Waals surface area contributed by atoms with Crippen molar-refractivity contribution in [2.45, 2.75) is 56.7 Å². The summed E-state index contributed by atoms with van der Waals surface area (Å²) in [4.78, 5) is 19.4. The third-order valence-corrected chi connectivity index (χ3v) is 9.58. The number of rotatable bonds is 5. The van der Waals surface area contributed by atoms with E-state index in [1.165, 1.54) is 0 Å². The summed E-state index contributed by atoms with van der Waals surface area (Å²) in [5, 5.41) is 0.450. The zero-order chi connectivity index (χ0) is 22.7. The van der Waals surface area contributed by atoms with Gasteiger partial charge in [0.25, 0.3) is 5.91 Å². The number of fused-ring (bicyclic) bond motifs is 1. The molecule has 0 N–H and O–H groups in total. The zero-order valence-corrected chi connectivity index (χ0v) is 20.0. The average molecular weight is 474 g/mol. The lowest BCUT2D eigenvalue weighted by molar-refractivity contribution is 0.0982. The second-order valence-corrected chi connectivity index (χ2v) is 12.4. The predicted octanol–water partition coefficient (Wildman–Crippen LogP) is 4.38. The van der Waals surface area contributed by atoms with Crippen LogP contribution in [0.2, 0.25) is 5.02 Å². The van der Waals surface area contributed by atoms with Crippen LogP contribution in [0.3, 0.4) is 0 Å². The van der Waals surface area contributed by atoms with Gasteiger partial charge in [0.1, 0.15) is 0 Å². The van der Waals surface area contributed by atoms with E-state index in [2.05, 4.69) is 4.98 Å². The van der Waals surface area contributed by atoms with E-state index >= 15 is 0 Å². The SMILES string of the molecule is CC1(C)c2cc(Cl)ccc2C(=O)N1c1cncc(CC2CCCN(S(=O)(=O)C3CC3)C2)c1. The standard InChI is InChI=1S/C24H28ClN3O3S/c1-24(2)22-12-18(25)5-8-21(22)23(29)28(24)19-11-17(13-26-14-19)10-16-4-3-9-27(15-16)32(30,31)20-6-7-20/h5,8,11-14,16,20H,3-4,6-7,9-10,15H2,1-2H3. The van der Waals surface area contributed by atoms with Gasteiger partial charge in [0.05, 0.1) is 22.7 Å². The summed E-state index contributed by atoms with van der Waals surface area (Å²) in [6, 6.07) is 7.42. The van der Waals surface area contributed by atoms with Gasteiger partial charge < -0.3 is 0 Å². The molecule has 3 heterocycles. The Balaban J connectivity index is 1.37. The number of carbonyl (C=O) groups excluding carboxylic acids is 1. The summed E-state index contributed by atoms with van der Waals surface area (Å²) in [6.07, 6.45) is 7.78. The number of anilines is 1. The Labute approximate surface area is 194 Å². The molecule has 0 radical (unpaired) electrons. The largest absolute Gasteiger partial charge is 0.297 e. The van der Waals surface area contributed by atoms with Gasteiger partial charge in [-0.1, -0.05) is 11.6 Å². The minimum atomic E-state index is -3.14. The molecule has 32 heavy (non-hydrogen) atoms. The van der Waals surface area contributed by atoms with Gasteiger partial charge >= 0.3 is 0 Å². The lowest BCUT2D eigenvalue weighted by Crippen LogP contribution is -2.42. The molecule has 1 saturated heterocycles. The lowest BCUT2D eigenvalue weighted by Gasteiger charge is -2.33. The highest BCUT2D eigenvalue weighted by Crippen LogP contribution is 2.43. The molecular weight excluding hydrogens is 446 g/mol.